The summed E-state index contributed by atoms with van der Waals surface area (Å²) in [6.07, 6.45) is 12.8. The van der Waals surface area contributed by atoms with Crippen molar-refractivity contribution in [1.82, 2.24) is 0 Å². The summed E-state index contributed by atoms with van der Waals surface area (Å²) in [5, 5.41) is 0. The van der Waals surface area contributed by atoms with Gasteiger partial charge in [-0.25, -0.2) is 0 Å². The van der Waals surface area contributed by atoms with E-state index in [2.05, 4.69) is 111 Å². The number of anilines is 2. The molecule has 0 saturated heterocycles. The maximum absolute atomic E-state index is 2.30. The average Bonchev–Trinajstić information content (AvgIpc) is 2.55. The lowest BCUT2D eigenvalue weighted by Gasteiger charge is -2.27. The van der Waals surface area contributed by atoms with Gasteiger partial charge in [-0.15, -0.1) is 0 Å². The van der Waals surface area contributed by atoms with Crippen molar-refractivity contribution in [3.05, 3.63) is 107 Å². The Hall–Kier alpha value is -2.80. The topological polar surface area (TPSA) is 3.24 Å². The van der Waals surface area contributed by atoms with Crippen molar-refractivity contribution >= 4 is 11.4 Å². The predicted octanol–water partition coefficient (Wildman–Crippen LogP) is 6.40. The highest BCUT2D eigenvalue weighted by molar-refractivity contribution is 5.71. The minimum absolute atomic E-state index is 1.15. The molecule has 0 N–H and O–H groups in total. The summed E-state index contributed by atoms with van der Waals surface area (Å²) < 4.78 is 0. The Morgan fingerprint density at radius 2 is 1.42 bits per heavy atom. The van der Waals surface area contributed by atoms with E-state index in [9.17, 15) is 0 Å². The van der Waals surface area contributed by atoms with Gasteiger partial charge in [0.2, 0.25) is 0 Å². The van der Waals surface area contributed by atoms with Crippen LogP contribution in [0.3, 0.4) is 0 Å². The Kier molecular flexibility index (Phi) is 4.81. The van der Waals surface area contributed by atoms with Gasteiger partial charge < -0.3 is 4.90 Å². The summed E-state index contributed by atoms with van der Waals surface area (Å²) in [5.74, 6) is 0. The molecule has 2 aromatic rings. The Morgan fingerprint density at radius 1 is 0.667 bits per heavy atom. The van der Waals surface area contributed by atoms with Crippen molar-refractivity contribution in [2.45, 2.75) is 20.8 Å². The van der Waals surface area contributed by atoms with Crippen LogP contribution in [-0.2, 0) is 0 Å². The normalized spacial score (nSPS) is 17.3. The fourth-order valence-electron chi connectivity index (χ4n) is 2.75. The average molecular weight is 313 g/mol. The Labute approximate surface area is 144 Å². The number of nitrogens with zero attached hydrogens (tertiary/aromatic N) is 1. The molecule has 0 fully saturated rings. The van der Waals surface area contributed by atoms with Gasteiger partial charge in [0.05, 0.1) is 0 Å². The van der Waals surface area contributed by atoms with Gasteiger partial charge in [-0.3, -0.25) is 0 Å². The van der Waals surface area contributed by atoms with Crippen LogP contribution in [0.4, 0.5) is 11.4 Å². The largest absolute Gasteiger partial charge is 0.310 e. The van der Waals surface area contributed by atoms with Crippen LogP contribution >= 0.6 is 0 Å². The van der Waals surface area contributed by atoms with Crippen LogP contribution in [-0.4, -0.2) is 0 Å². The number of hydrogen-bond acceptors (Lipinski definition) is 1. The fraction of sp³-hybridized carbons (Fsp3) is 0.130. The highest BCUT2D eigenvalue weighted by Gasteiger charge is 2.13. The molecule has 0 aliphatic heterocycles. The van der Waals surface area contributed by atoms with E-state index < -0.39 is 0 Å². The first-order valence-corrected chi connectivity index (χ1v) is 8.30. The van der Waals surface area contributed by atoms with Crippen LogP contribution in [0.25, 0.3) is 0 Å². The van der Waals surface area contributed by atoms with Crippen LogP contribution in [0.5, 0.6) is 0 Å². The summed E-state index contributed by atoms with van der Waals surface area (Å²) in [5.41, 5.74) is 7.25. The van der Waals surface area contributed by atoms with Gasteiger partial charge in [0.1, 0.15) is 0 Å². The molecule has 0 heterocycles. The first kappa shape index (κ1) is 16.1. The molecule has 1 aliphatic carbocycles. The van der Waals surface area contributed by atoms with E-state index in [1.54, 1.807) is 0 Å². The standard InChI is InChI=1S/C23H23N/c1-18-7-4-5-9-21(14-11-18)24(22-15-12-19(2)13-16-22)23-10-6-8-20(3)17-23/h4-17H,1-3H3/b5-4?,7-4?,9-5?,14-11-,18-7?,18-11?,21-9+,21-14?. The summed E-state index contributed by atoms with van der Waals surface area (Å²) in [7, 11) is 0. The predicted molar refractivity (Wildman–Crippen MR) is 105 cm³/mol. The van der Waals surface area contributed by atoms with E-state index in [0.717, 1.165) is 11.4 Å². The Morgan fingerprint density at radius 3 is 2.17 bits per heavy atom. The molecule has 1 nitrogen and oxygen atoms in total. The zero-order valence-corrected chi connectivity index (χ0v) is 14.5. The smallest absolute Gasteiger partial charge is 0.0464 e. The summed E-state index contributed by atoms with van der Waals surface area (Å²) in [6.45, 7) is 6.37. The van der Waals surface area contributed by atoms with E-state index in [1.807, 2.05) is 0 Å². The second kappa shape index (κ2) is 7.18. The first-order valence-electron chi connectivity index (χ1n) is 8.30. The minimum atomic E-state index is 1.15. The van der Waals surface area contributed by atoms with E-state index in [4.69, 9.17) is 0 Å². The van der Waals surface area contributed by atoms with Gasteiger partial charge in [0.25, 0.3) is 0 Å². The lowest BCUT2D eigenvalue weighted by molar-refractivity contribution is 1.19. The molecule has 1 heteroatoms. The maximum atomic E-state index is 2.30. The summed E-state index contributed by atoms with van der Waals surface area (Å²) in [4.78, 5) is 2.30. The molecule has 0 atom stereocenters. The second-order valence-corrected chi connectivity index (χ2v) is 6.23. The van der Waals surface area contributed by atoms with Crippen LogP contribution in [0.1, 0.15) is 18.1 Å². The van der Waals surface area contributed by atoms with Gasteiger partial charge in [0.15, 0.2) is 0 Å². The van der Waals surface area contributed by atoms with Crippen molar-refractivity contribution in [2.24, 2.45) is 0 Å². The van der Waals surface area contributed by atoms with Crippen LogP contribution < -0.4 is 4.90 Å². The number of aryl methyl sites for hydroxylation is 2. The van der Waals surface area contributed by atoms with Gasteiger partial charge >= 0.3 is 0 Å². The van der Waals surface area contributed by atoms with Crippen molar-refractivity contribution < 1.29 is 0 Å². The SMILES string of the molecule is CC1=CC=C/C=C(N(c2ccc(C)cc2)c2cccc(C)c2)\C=C/1. The van der Waals surface area contributed by atoms with Crippen LogP contribution in [0.2, 0.25) is 0 Å². The monoisotopic (exact) mass is 313 g/mol. The minimum Gasteiger partial charge on any atom is -0.310 e. The molecule has 0 spiro atoms. The Bertz CT molecular complexity index is 833. The number of benzene rings is 2. The number of rotatable bonds is 3. The lowest BCUT2D eigenvalue weighted by atomic mass is 10.1. The maximum Gasteiger partial charge on any atom is 0.0464 e. The summed E-state index contributed by atoms with van der Waals surface area (Å²) in [6, 6.07) is 17.3. The molecule has 2 aromatic carbocycles. The van der Waals surface area contributed by atoms with E-state index in [1.165, 1.54) is 22.4 Å². The van der Waals surface area contributed by atoms with Gasteiger partial charge in [-0.2, -0.15) is 0 Å². The quantitative estimate of drug-likeness (QED) is 0.634. The highest BCUT2D eigenvalue weighted by atomic mass is 15.1. The lowest BCUT2D eigenvalue weighted by Crippen LogP contribution is -2.15. The van der Waals surface area contributed by atoms with Crippen molar-refractivity contribution in [2.75, 3.05) is 4.90 Å². The highest BCUT2D eigenvalue weighted by Crippen LogP contribution is 2.31. The molecule has 0 bridgehead atoms. The molecular formula is C23H23N. The third-order valence-corrected chi connectivity index (χ3v) is 4.06. The molecule has 3 rings (SSSR count). The Balaban J connectivity index is 2.11. The van der Waals surface area contributed by atoms with E-state index >= 15 is 0 Å². The molecular weight excluding hydrogens is 290 g/mol. The molecule has 0 radical (unpaired) electrons. The van der Waals surface area contributed by atoms with Gasteiger partial charge in [-0.05, 0) is 62.8 Å². The summed E-state index contributed by atoms with van der Waals surface area (Å²) >= 11 is 0. The van der Waals surface area contributed by atoms with E-state index in [-0.39, 0.29) is 0 Å². The zero-order valence-electron chi connectivity index (χ0n) is 14.5. The van der Waals surface area contributed by atoms with Crippen molar-refractivity contribution in [3.63, 3.8) is 0 Å². The van der Waals surface area contributed by atoms with Crippen molar-refractivity contribution in [1.29, 1.82) is 0 Å². The molecule has 24 heavy (non-hydrogen) atoms. The zero-order chi connectivity index (χ0) is 16.9. The van der Waals surface area contributed by atoms with Crippen LogP contribution in [0, 0.1) is 13.8 Å². The fourth-order valence-corrected chi connectivity index (χ4v) is 2.75. The van der Waals surface area contributed by atoms with Crippen molar-refractivity contribution in [3.8, 4) is 0 Å². The molecule has 0 amide bonds. The molecule has 0 aromatic heterocycles. The van der Waals surface area contributed by atoms with Crippen LogP contribution in [0.15, 0.2) is 96.3 Å². The van der Waals surface area contributed by atoms with Gasteiger partial charge in [-0.1, -0.05) is 59.7 Å². The van der Waals surface area contributed by atoms with E-state index in [0.29, 0.717) is 0 Å². The number of hydrogen-bond donors (Lipinski definition) is 0. The molecule has 0 unspecified atom stereocenters. The molecule has 1 aliphatic rings. The first-order chi connectivity index (χ1) is 11.6. The third kappa shape index (κ3) is 3.75. The van der Waals surface area contributed by atoms with Gasteiger partial charge in [0, 0.05) is 17.1 Å². The molecule has 0 saturated carbocycles. The second-order valence-electron chi connectivity index (χ2n) is 6.23. The number of allylic oxidation sites excluding steroid dienone is 7. The third-order valence-electron chi connectivity index (χ3n) is 4.06. The molecule has 120 valence electrons.